The summed E-state index contributed by atoms with van der Waals surface area (Å²) in [5.74, 6) is 1.41. The summed E-state index contributed by atoms with van der Waals surface area (Å²) in [6.45, 7) is 7.45. The average molecular weight is 377 g/mol. The van der Waals surface area contributed by atoms with Crippen molar-refractivity contribution in [2.24, 2.45) is 4.99 Å². The SMILES string of the molecule is CCNC(=NCc1ccc(OCCOC)nc1)NCc1ccc(CC)s1. The second kappa shape index (κ2) is 11.5. The first-order valence-corrected chi connectivity index (χ1v) is 9.73. The van der Waals surface area contributed by atoms with E-state index in [1.54, 1.807) is 13.3 Å². The van der Waals surface area contributed by atoms with Crippen LogP contribution >= 0.6 is 11.3 Å². The number of aryl methyl sites for hydroxylation is 1. The van der Waals surface area contributed by atoms with Crippen LogP contribution in [0.5, 0.6) is 5.88 Å². The van der Waals surface area contributed by atoms with Crippen molar-refractivity contribution in [3.8, 4) is 5.88 Å². The molecule has 2 rings (SSSR count). The van der Waals surface area contributed by atoms with Gasteiger partial charge in [-0.3, -0.25) is 0 Å². The number of guanidine groups is 1. The largest absolute Gasteiger partial charge is 0.475 e. The molecule has 0 saturated heterocycles. The summed E-state index contributed by atoms with van der Waals surface area (Å²) in [6.07, 6.45) is 2.87. The van der Waals surface area contributed by atoms with Gasteiger partial charge < -0.3 is 20.1 Å². The topological polar surface area (TPSA) is 67.8 Å². The lowest BCUT2D eigenvalue weighted by Crippen LogP contribution is -2.36. The van der Waals surface area contributed by atoms with Gasteiger partial charge >= 0.3 is 0 Å². The zero-order valence-electron chi connectivity index (χ0n) is 15.7. The molecule has 0 amide bonds. The van der Waals surface area contributed by atoms with Crippen LogP contribution in [-0.4, -0.2) is 37.8 Å². The highest BCUT2D eigenvalue weighted by atomic mass is 32.1. The first-order valence-electron chi connectivity index (χ1n) is 8.91. The Kier molecular flexibility index (Phi) is 8.92. The number of pyridine rings is 1. The number of nitrogens with zero attached hydrogens (tertiary/aromatic N) is 2. The van der Waals surface area contributed by atoms with E-state index in [4.69, 9.17) is 9.47 Å². The molecule has 6 nitrogen and oxygen atoms in total. The van der Waals surface area contributed by atoms with Crippen molar-refractivity contribution < 1.29 is 9.47 Å². The van der Waals surface area contributed by atoms with E-state index in [-0.39, 0.29) is 0 Å². The minimum Gasteiger partial charge on any atom is -0.475 e. The monoisotopic (exact) mass is 376 g/mol. The smallest absolute Gasteiger partial charge is 0.213 e. The van der Waals surface area contributed by atoms with Gasteiger partial charge in [-0.05, 0) is 31.0 Å². The van der Waals surface area contributed by atoms with Gasteiger partial charge in [0, 0.05) is 35.7 Å². The minimum atomic E-state index is 0.498. The van der Waals surface area contributed by atoms with Crippen molar-refractivity contribution in [1.29, 1.82) is 0 Å². The van der Waals surface area contributed by atoms with Crippen LogP contribution in [-0.2, 0) is 24.2 Å². The lowest BCUT2D eigenvalue weighted by Gasteiger charge is -2.10. The van der Waals surface area contributed by atoms with E-state index in [0.29, 0.717) is 25.6 Å². The number of hydrogen-bond acceptors (Lipinski definition) is 5. The van der Waals surface area contributed by atoms with Gasteiger partial charge in [0.05, 0.1) is 19.7 Å². The number of aliphatic imine (C=N–C) groups is 1. The van der Waals surface area contributed by atoms with Gasteiger partial charge in [-0.15, -0.1) is 11.3 Å². The van der Waals surface area contributed by atoms with Crippen LogP contribution in [0.1, 0.15) is 29.2 Å². The predicted molar refractivity (Wildman–Crippen MR) is 107 cm³/mol. The highest BCUT2D eigenvalue weighted by Crippen LogP contribution is 2.16. The minimum absolute atomic E-state index is 0.498. The van der Waals surface area contributed by atoms with Crippen molar-refractivity contribution in [2.45, 2.75) is 33.4 Å². The summed E-state index contributed by atoms with van der Waals surface area (Å²) in [4.78, 5) is 11.6. The van der Waals surface area contributed by atoms with Crippen LogP contribution in [0.15, 0.2) is 35.5 Å². The number of aromatic nitrogens is 1. The molecule has 0 radical (unpaired) electrons. The van der Waals surface area contributed by atoms with E-state index in [1.807, 2.05) is 23.5 Å². The number of ether oxygens (including phenoxy) is 2. The maximum atomic E-state index is 5.47. The van der Waals surface area contributed by atoms with Crippen LogP contribution in [0, 0.1) is 0 Å². The van der Waals surface area contributed by atoms with Crippen LogP contribution in [0.2, 0.25) is 0 Å². The van der Waals surface area contributed by atoms with Gasteiger partial charge in [0.1, 0.15) is 6.61 Å². The van der Waals surface area contributed by atoms with Crippen molar-refractivity contribution >= 4 is 17.3 Å². The molecule has 7 heteroatoms. The van der Waals surface area contributed by atoms with Gasteiger partial charge in [-0.25, -0.2) is 9.98 Å². The van der Waals surface area contributed by atoms with Crippen LogP contribution < -0.4 is 15.4 Å². The van der Waals surface area contributed by atoms with E-state index < -0.39 is 0 Å². The van der Waals surface area contributed by atoms with Crippen molar-refractivity contribution in [1.82, 2.24) is 15.6 Å². The highest BCUT2D eigenvalue weighted by molar-refractivity contribution is 7.11. The van der Waals surface area contributed by atoms with Gasteiger partial charge in [0.25, 0.3) is 0 Å². The van der Waals surface area contributed by atoms with Crippen molar-refractivity contribution in [3.05, 3.63) is 45.8 Å². The molecule has 0 fully saturated rings. The molecule has 0 atom stereocenters. The Hall–Kier alpha value is -2.12. The Bertz CT molecular complexity index is 670. The highest BCUT2D eigenvalue weighted by Gasteiger charge is 2.02. The molecule has 2 heterocycles. The summed E-state index contributed by atoms with van der Waals surface area (Å²) in [7, 11) is 1.65. The first-order chi connectivity index (χ1) is 12.7. The Labute approximate surface area is 159 Å². The molecule has 2 aromatic heterocycles. The van der Waals surface area contributed by atoms with Gasteiger partial charge in [-0.1, -0.05) is 13.0 Å². The molecule has 0 aliphatic carbocycles. The first kappa shape index (κ1) is 20.2. The maximum absolute atomic E-state index is 5.47. The third kappa shape index (κ3) is 7.01. The summed E-state index contributed by atoms with van der Waals surface area (Å²) in [5, 5.41) is 6.65. The lowest BCUT2D eigenvalue weighted by molar-refractivity contribution is 0.143. The fraction of sp³-hybridized carbons (Fsp3) is 0.474. The van der Waals surface area contributed by atoms with E-state index in [0.717, 1.165) is 31.0 Å². The van der Waals surface area contributed by atoms with Crippen LogP contribution in [0.3, 0.4) is 0 Å². The summed E-state index contributed by atoms with van der Waals surface area (Å²) >= 11 is 1.84. The fourth-order valence-corrected chi connectivity index (χ4v) is 3.11. The average Bonchev–Trinajstić information content (AvgIpc) is 3.13. The zero-order chi connectivity index (χ0) is 18.6. The maximum Gasteiger partial charge on any atom is 0.213 e. The number of rotatable bonds is 10. The normalized spacial score (nSPS) is 11.4. The molecule has 0 aliphatic rings. The molecule has 2 N–H and O–H groups in total. The Morgan fingerprint density at radius 3 is 2.62 bits per heavy atom. The third-order valence-corrected chi connectivity index (χ3v) is 4.82. The number of hydrogen-bond donors (Lipinski definition) is 2. The fourth-order valence-electron chi connectivity index (χ4n) is 2.21. The van der Waals surface area contributed by atoms with Crippen molar-refractivity contribution in [3.63, 3.8) is 0 Å². The molecular formula is C19H28N4O2S. The molecular weight excluding hydrogens is 348 g/mol. The number of nitrogens with one attached hydrogen (secondary N) is 2. The molecule has 0 bridgehead atoms. The lowest BCUT2D eigenvalue weighted by atomic mass is 10.3. The van der Waals surface area contributed by atoms with E-state index in [2.05, 4.69) is 46.6 Å². The second-order valence-electron chi connectivity index (χ2n) is 5.62. The Morgan fingerprint density at radius 2 is 1.96 bits per heavy atom. The molecule has 0 unspecified atom stereocenters. The molecule has 0 aliphatic heterocycles. The second-order valence-corrected chi connectivity index (χ2v) is 6.87. The summed E-state index contributed by atoms with van der Waals surface area (Å²) in [5.41, 5.74) is 1.03. The van der Waals surface area contributed by atoms with E-state index in [9.17, 15) is 0 Å². The van der Waals surface area contributed by atoms with E-state index >= 15 is 0 Å². The molecule has 2 aromatic rings. The molecule has 0 aromatic carbocycles. The van der Waals surface area contributed by atoms with Crippen LogP contribution in [0.25, 0.3) is 0 Å². The third-order valence-electron chi connectivity index (χ3n) is 3.59. The molecule has 0 spiro atoms. The van der Waals surface area contributed by atoms with Gasteiger partial charge in [0.15, 0.2) is 5.96 Å². The van der Waals surface area contributed by atoms with E-state index in [1.165, 1.54) is 9.75 Å². The predicted octanol–water partition coefficient (Wildman–Crippen LogP) is 2.99. The Morgan fingerprint density at radius 1 is 1.12 bits per heavy atom. The summed E-state index contributed by atoms with van der Waals surface area (Å²) < 4.78 is 10.4. The number of thiophene rings is 1. The molecule has 26 heavy (non-hydrogen) atoms. The number of methoxy groups -OCH3 is 1. The van der Waals surface area contributed by atoms with Crippen LogP contribution in [0.4, 0.5) is 0 Å². The Balaban J connectivity index is 1.86. The quantitative estimate of drug-likeness (QED) is 0.379. The van der Waals surface area contributed by atoms with Gasteiger partial charge in [-0.2, -0.15) is 0 Å². The summed E-state index contributed by atoms with van der Waals surface area (Å²) in [6, 6.07) is 8.20. The van der Waals surface area contributed by atoms with Crippen molar-refractivity contribution in [2.75, 3.05) is 26.9 Å². The molecule has 142 valence electrons. The van der Waals surface area contributed by atoms with Gasteiger partial charge in [0.2, 0.25) is 5.88 Å². The zero-order valence-corrected chi connectivity index (χ0v) is 16.6. The molecule has 0 saturated carbocycles. The standard InChI is InChI=1S/C19H28N4O2S/c1-4-16-7-8-17(26-16)14-23-19(20-5-2)22-13-15-6-9-18(21-12-15)25-11-10-24-3/h6-9,12H,4-5,10-11,13-14H2,1-3H3,(H2,20,22,23).